The van der Waals surface area contributed by atoms with Crippen LogP contribution in [-0.4, -0.2) is 81.2 Å². The van der Waals surface area contributed by atoms with Crippen molar-refractivity contribution >= 4 is 13.8 Å². The molecule has 0 radical (unpaired) electrons. The molecule has 0 saturated carbocycles. The zero-order valence-electron chi connectivity index (χ0n) is 35.4. The largest absolute Gasteiger partial charge is 0.492 e. The van der Waals surface area contributed by atoms with Crippen LogP contribution in [0.25, 0.3) is 0 Å². The first-order chi connectivity index (χ1) is 26.1. The van der Waals surface area contributed by atoms with E-state index in [-0.39, 0.29) is 25.8 Å². The second-order valence-electron chi connectivity index (χ2n) is 16.2. The zero-order valence-corrected chi connectivity index (χ0v) is 36.3. The Kier molecular flexibility index (Phi) is 31.5. The minimum absolute atomic E-state index is 0.0633. The van der Waals surface area contributed by atoms with E-state index in [1.807, 2.05) is 27.2 Å². The zero-order chi connectivity index (χ0) is 39.6. The van der Waals surface area contributed by atoms with Crippen molar-refractivity contribution in [3.8, 4) is 0 Å². The molecule has 316 valence electrons. The molecule has 0 spiro atoms. The molecular weight excluding hydrogens is 701 g/mol. The van der Waals surface area contributed by atoms with Crippen molar-refractivity contribution in [1.82, 2.24) is 0 Å². The standard InChI is InChI=1S/C44H82NO8P/c1-6-8-10-11-12-13-14-15-16-17-18-19-22-25-28-32-37-49-41(40-52-54(47,48)51-38-36-45(3,4)5)39-50-44(46)35-31-27-24-21-20-23-26-30-34-43-42(53-43)33-29-9-7-2/h15-16,26,30,32,37,41-43H,6-14,17-25,27-29,31,33-36,38-40H2,1-5H3/p+1/b16-15-,30-26-,37-32+/t41-,42?,43?/m1/s1. The van der Waals surface area contributed by atoms with Crippen molar-refractivity contribution < 1.29 is 42.0 Å². The van der Waals surface area contributed by atoms with E-state index in [2.05, 4.69) is 38.2 Å². The third-order valence-electron chi connectivity index (χ3n) is 9.69. The first-order valence-electron chi connectivity index (χ1n) is 21.9. The lowest BCUT2D eigenvalue weighted by Crippen LogP contribution is -2.37. The van der Waals surface area contributed by atoms with Crippen LogP contribution in [0.3, 0.4) is 0 Å². The van der Waals surface area contributed by atoms with Crippen LogP contribution in [0.5, 0.6) is 0 Å². The Morgan fingerprint density at radius 1 is 0.685 bits per heavy atom. The predicted molar refractivity (Wildman–Crippen MR) is 223 cm³/mol. The molecule has 1 fully saturated rings. The summed E-state index contributed by atoms with van der Waals surface area (Å²) in [6, 6.07) is 0. The fraction of sp³-hybridized carbons (Fsp3) is 0.841. The smallest absolute Gasteiger partial charge is 0.472 e. The summed E-state index contributed by atoms with van der Waals surface area (Å²) in [5.41, 5.74) is 0. The second-order valence-corrected chi connectivity index (χ2v) is 17.6. The van der Waals surface area contributed by atoms with Gasteiger partial charge in [0.25, 0.3) is 0 Å². The number of hydrogen-bond donors (Lipinski definition) is 1. The number of ether oxygens (including phenoxy) is 3. The average molecular weight is 785 g/mol. The molecule has 1 aliphatic rings. The van der Waals surface area contributed by atoms with Gasteiger partial charge in [0.05, 0.1) is 46.2 Å². The highest BCUT2D eigenvalue weighted by molar-refractivity contribution is 7.47. The van der Waals surface area contributed by atoms with Gasteiger partial charge in [0, 0.05) is 6.42 Å². The molecule has 0 aromatic carbocycles. The summed E-state index contributed by atoms with van der Waals surface area (Å²) >= 11 is 0. The normalized spacial score (nSPS) is 17.8. The lowest BCUT2D eigenvalue weighted by molar-refractivity contribution is -0.870. The van der Waals surface area contributed by atoms with Gasteiger partial charge in [0.1, 0.15) is 19.8 Å². The van der Waals surface area contributed by atoms with E-state index < -0.39 is 13.9 Å². The topological polar surface area (TPSA) is 104 Å². The number of nitrogens with zero attached hydrogens (tertiary/aromatic N) is 1. The molecule has 0 aliphatic carbocycles. The summed E-state index contributed by atoms with van der Waals surface area (Å²) in [4.78, 5) is 22.7. The lowest BCUT2D eigenvalue weighted by Gasteiger charge is -2.24. The number of carbonyl (C=O) groups is 1. The number of allylic oxidation sites excluding steroid dienone is 4. The Morgan fingerprint density at radius 2 is 1.22 bits per heavy atom. The van der Waals surface area contributed by atoms with Crippen molar-refractivity contribution in [3.63, 3.8) is 0 Å². The number of unbranched alkanes of at least 4 members (excludes halogenated alkanes) is 18. The van der Waals surface area contributed by atoms with Crippen LogP contribution in [-0.2, 0) is 32.6 Å². The van der Waals surface area contributed by atoms with Gasteiger partial charge in [-0.25, -0.2) is 4.57 Å². The van der Waals surface area contributed by atoms with Crippen LogP contribution in [0.15, 0.2) is 36.6 Å². The molecule has 10 heteroatoms. The Balaban J connectivity index is 2.25. The molecule has 0 aromatic heterocycles. The fourth-order valence-corrected chi connectivity index (χ4v) is 6.81. The van der Waals surface area contributed by atoms with Crippen molar-refractivity contribution in [3.05, 3.63) is 36.6 Å². The highest BCUT2D eigenvalue weighted by atomic mass is 31.2. The highest BCUT2D eigenvalue weighted by Crippen LogP contribution is 2.43. The maximum Gasteiger partial charge on any atom is 0.472 e. The lowest BCUT2D eigenvalue weighted by atomic mass is 10.1. The van der Waals surface area contributed by atoms with E-state index in [9.17, 15) is 14.3 Å². The van der Waals surface area contributed by atoms with Gasteiger partial charge in [0.2, 0.25) is 0 Å². The molecule has 4 atom stereocenters. The van der Waals surface area contributed by atoms with E-state index >= 15 is 0 Å². The van der Waals surface area contributed by atoms with Gasteiger partial charge in [-0.2, -0.15) is 0 Å². The summed E-state index contributed by atoms with van der Waals surface area (Å²) in [6.07, 6.45) is 41.6. The number of likely N-dealkylation sites (N-methyl/N-ethyl adjacent to an activating group) is 1. The van der Waals surface area contributed by atoms with E-state index in [4.69, 9.17) is 23.3 Å². The van der Waals surface area contributed by atoms with Crippen molar-refractivity contribution in [2.45, 2.75) is 193 Å². The fourth-order valence-electron chi connectivity index (χ4n) is 6.07. The second kappa shape index (κ2) is 33.6. The number of quaternary nitrogens is 1. The number of phosphoric ester groups is 1. The van der Waals surface area contributed by atoms with Crippen LogP contribution >= 0.6 is 7.82 Å². The van der Waals surface area contributed by atoms with Gasteiger partial charge >= 0.3 is 13.8 Å². The highest BCUT2D eigenvalue weighted by Gasteiger charge is 2.36. The van der Waals surface area contributed by atoms with E-state index in [0.29, 0.717) is 29.7 Å². The van der Waals surface area contributed by atoms with Crippen LogP contribution in [0.2, 0.25) is 0 Å². The monoisotopic (exact) mass is 785 g/mol. The molecule has 3 unspecified atom stereocenters. The minimum Gasteiger partial charge on any atom is -0.492 e. The Morgan fingerprint density at radius 3 is 1.83 bits per heavy atom. The van der Waals surface area contributed by atoms with E-state index in [0.717, 1.165) is 70.6 Å². The number of esters is 1. The summed E-state index contributed by atoms with van der Waals surface area (Å²) in [7, 11) is 1.65. The van der Waals surface area contributed by atoms with Crippen LogP contribution in [0.4, 0.5) is 0 Å². The first-order valence-corrected chi connectivity index (χ1v) is 23.4. The molecular formula is C44H83NO8P+. The molecule has 54 heavy (non-hydrogen) atoms. The van der Waals surface area contributed by atoms with Gasteiger partial charge < -0.3 is 23.6 Å². The Hall–Kier alpha value is -1.48. The molecule has 0 aromatic rings. The average Bonchev–Trinajstić information content (AvgIpc) is 3.88. The molecule has 0 bridgehead atoms. The summed E-state index contributed by atoms with van der Waals surface area (Å²) < 4.78 is 40.5. The molecule has 1 rings (SSSR count). The molecule has 0 amide bonds. The minimum atomic E-state index is -4.27. The van der Waals surface area contributed by atoms with Crippen LogP contribution in [0, 0.1) is 0 Å². The number of hydrogen-bond acceptors (Lipinski definition) is 7. The third kappa shape index (κ3) is 33.8. The third-order valence-corrected chi connectivity index (χ3v) is 10.7. The molecule has 1 N–H and O–H groups in total. The predicted octanol–water partition coefficient (Wildman–Crippen LogP) is 11.9. The number of phosphoric acid groups is 1. The number of carbonyl (C=O) groups excluding carboxylic acids is 1. The Labute approximate surface area is 331 Å². The van der Waals surface area contributed by atoms with Gasteiger partial charge in [0.15, 0.2) is 6.10 Å². The maximum atomic E-state index is 12.5. The molecule has 1 heterocycles. The molecule has 1 saturated heterocycles. The Bertz CT molecular complexity index is 1030. The van der Waals surface area contributed by atoms with Crippen molar-refractivity contribution in [2.75, 3.05) is 47.5 Å². The number of rotatable bonds is 39. The van der Waals surface area contributed by atoms with Gasteiger partial charge in [-0.05, 0) is 76.7 Å². The maximum absolute atomic E-state index is 12.5. The van der Waals surface area contributed by atoms with E-state index in [1.54, 1.807) is 6.26 Å². The molecule has 1 aliphatic heterocycles. The summed E-state index contributed by atoms with van der Waals surface area (Å²) in [5, 5.41) is 0. The summed E-state index contributed by atoms with van der Waals surface area (Å²) in [6.45, 7) is 4.83. The number of epoxide rings is 1. The van der Waals surface area contributed by atoms with Crippen LogP contribution < -0.4 is 0 Å². The van der Waals surface area contributed by atoms with Gasteiger partial charge in [-0.15, -0.1) is 0 Å². The van der Waals surface area contributed by atoms with Crippen LogP contribution in [0.1, 0.15) is 174 Å². The van der Waals surface area contributed by atoms with Gasteiger partial charge in [-0.1, -0.05) is 122 Å². The van der Waals surface area contributed by atoms with E-state index in [1.165, 1.54) is 83.5 Å². The first kappa shape index (κ1) is 50.5. The van der Waals surface area contributed by atoms with Crippen molar-refractivity contribution in [2.24, 2.45) is 0 Å². The van der Waals surface area contributed by atoms with Crippen molar-refractivity contribution in [1.29, 1.82) is 0 Å². The SMILES string of the molecule is CCCCCCCC/C=C\CCCCCC/C=C/O[C@H](COC(=O)CCCCCCC/C=C\CC1OC1CCCCC)COP(=O)(O)OCC[N+](C)(C)C. The summed E-state index contributed by atoms with van der Waals surface area (Å²) in [5.74, 6) is -0.297. The quantitative estimate of drug-likeness (QED) is 0.0125. The van der Waals surface area contributed by atoms with Gasteiger partial charge in [-0.3, -0.25) is 13.8 Å². The molecule has 9 nitrogen and oxygen atoms in total.